The molecular weight excluding hydrogens is 400 g/mol. The van der Waals surface area contributed by atoms with Crippen molar-refractivity contribution in [3.63, 3.8) is 0 Å². The van der Waals surface area contributed by atoms with Gasteiger partial charge >= 0.3 is 0 Å². The van der Waals surface area contributed by atoms with Crippen LogP contribution in [0.4, 0.5) is 0 Å². The van der Waals surface area contributed by atoms with Gasteiger partial charge in [-0.05, 0) is 67.3 Å². The lowest BCUT2D eigenvalue weighted by Gasteiger charge is -2.13. The van der Waals surface area contributed by atoms with Crippen LogP contribution in [0.1, 0.15) is 49.4 Å². The number of rotatable bonds is 10. The lowest BCUT2D eigenvalue weighted by atomic mass is 10.0. The summed E-state index contributed by atoms with van der Waals surface area (Å²) >= 11 is 0. The van der Waals surface area contributed by atoms with E-state index in [1.165, 1.54) is 25.3 Å². The number of amides is 1. The number of hydrogen-bond acceptors (Lipinski definition) is 4. The van der Waals surface area contributed by atoms with Crippen molar-refractivity contribution in [2.24, 2.45) is 5.92 Å². The van der Waals surface area contributed by atoms with Gasteiger partial charge in [-0.3, -0.25) is 4.79 Å². The quantitative estimate of drug-likeness (QED) is 0.452. The van der Waals surface area contributed by atoms with Crippen LogP contribution in [0.3, 0.4) is 0 Å². The summed E-state index contributed by atoms with van der Waals surface area (Å²) in [6, 6.07) is 20.1. The van der Waals surface area contributed by atoms with Crippen LogP contribution >= 0.6 is 0 Å². The van der Waals surface area contributed by atoms with Gasteiger partial charge in [-0.25, -0.2) is 4.98 Å². The highest BCUT2D eigenvalue weighted by molar-refractivity contribution is 5.73. The number of ether oxygens (including phenoxy) is 2. The molecule has 0 spiro atoms. The molecule has 1 aromatic heterocycles. The first-order valence-corrected chi connectivity index (χ1v) is 11.3. The highest BCUT2D eigenvalue weighted by Crippen LogP contribution is 2.30. The van der Waals surface area contributed by atoms with Gasteiger partial charge in [-0.1, -0.05) is 36.4 Å². The topological polar surface area (TPSA) is 60.5 Å². The normalized spacial score (nSPS) is 13.9. The Balaban J connectivity index is 1.27. The third-order valence-corrected chi connectivity index (χ3v) is 5.61. The molecule has 1 saturated carbocycles. The molecule has 1 atom stereocenters. The van der Waals surface area contributed by atoms with E-state index in [1.807, 2.05) is 43.5 Å². The van der Waals surface area contributed by atoms with Crippen LogP contribution in [0.25, 0.3) is 0 Å². The average molecular weight is 431 g/mol. The van der Waals surface area contributed by atoms with Gasteiger partial charge in [0, 0.05) is 25.3 Å². The van der Waals surface area contributed by atoms with Crippen molar-refractivity contribution in [2.45, 2.75) is 45.6 Å². The first kappa shape index (κ1) is 21.9. The molecule has 1 unspecified atom stereocenters. The van der Waals surface area contributed by atoms with E-state index in [9.17, 15) is 4.79 Å². The molecule has 0 aliphatic heterocycles. The predicted octanol–water partition coefficient (Wildman–Crippen LogP) is 5.65. The van der Waals surface area contributed by atoms with E-state index in [4.69, 9.17) is 9.47 Å². The molecule has 1 heterocycles. The Morgan fingerprint density at radius 1 is 1.03 bits per heavy atom. The van der Waals surface area contributed by atoms with Crippen molar-refractivity contribution in [3.8, 4) is 17.4 Å². The molecule has 5 heteroatoms. The molecule has 5 nitrogen and oxygen atoms in total. The van der Waals surface area contributed by atoms with Crippen LogP contribution in [-0.2, 0) is 17.6 Å². The van der Waals surface area contributed by atoms with Crippen molar-refractivity contribution < 1.29 is 14.3 Å². The van der Waals surface area contributed by atoms with Gasteiger partial charge in [0.25, 0.3) is 0 Å². The van der Waals surface area contributed by atoms with E-state index in [2.05, 4.69) is 40.6 Å². The van der Waals surface area contributed by atoms with Gasteiger partial charge in [0.2, 0.25) is 11.8 Å². The van der Waals surface area contributed by atoms with Gasteiger partial charge < -0.3 is 14.8 Å². The zero-order chi connectivity index (χ0) is 22.3. The number of nitrogens with one attached hydrogen (secondary N) is 1. The number of carbonyl (C=O) groups is 1. The lowest BCUT2D eigenvalue weighted by Crippen LogP contribution is -2.23. The van der Waals surface area contributed by atoms with Crippen molar-refractivity contribution in [3.05, 3.63) is 83.6 Å². The maximum Gasteiger partial charge on any atom is 0.219 e. The van der Waals surface area contributed by atoms with Crippen LogP contribution in [0.5, 0.6) is 17.4 Å². The number of hydrogen-bond donors (Lipinski definition) is 1. The fourth-order valence-electron chi connectivity index (χ4n) is 3.52. The minimum Gasteiger partial charge on any atom is -0.493 e. The predicted molar refractivity (Wildman–Crippen MR) is 125 cm³/mol. The number of aromatic nitrogens is 1. The van der Waals surface area contributed by atoms with E-state index in [0.717, 1.165) is 48.0 Å². The molecule has 166 valence electrons. The maximum atomic E-state index is 11.2. The maximum absolute atomic E-state index is 11.2. The largest absolute Gasteiger partial charge is 0.493 e. The van der Waals surface area contributed by atoms with E-state index >= 15 is 0 Å². The van der Waals surface area contributed by atoms with E-state index in [-0.39, 0.29) is 11.9 Å². The molecule has 4 rings (SSSR count). The summed E-state index contributed by atoms with van der Waals surface area (Å²) in [4.78, 5) is 15.7. The molecule has 1 aliphatic rings. The number of aryl methyl sites for hydroxylation is 2. The fourth-order valence-corrected chi connectivity index (χ4v) is 3.52. The first-order chi connectivity index (χ1) is 15.5. The molecule has 1 fully saturated rings. The fraction of sp³-hybridized carbons (Fsp3) is 0.333. The van der Waals surface area contributed by atoms with E-state index < -0.39 is 0 Å². The van der Waals surface area contributed by atoms with Crippen molar-refractivity contribution in [1.29, 1.82) is 0 Å². The zero-order valence-electron chi connectivity index (χ0n) is 18.7. The Labute approximate surface area is 189 Å². The summed E-state index contributed by atoms with van der Waals surface area (Å²) in [6.07, 6.45) is 6.25. The summed E-state index contributed by atoms with van der Waals surface area (Å²) in [7, 11) is 0. The summed E-state index contributed by atoms with van der Waals surface area (Å²) < 4.78 is 11.7. The van der Waals surface area contributed by atoms with Crippen LogP contribution in [-0.4, -0.2) is 17.5 Å². The Morgan fingerprint density at radius 2 is 1.75 bits per heavy atom. The summed E-state index contributed by atoms with van der Waals surface area (Å²) in [5, 5.41) is 2.91. The standard InChI is InChI=1S/C27H30N2O3/c1-19(29-20(2)30)24-13-10-21(11-14-24)6-7-22-12-15-27(28-17-22)32-26-5-3-4-25(16-26)31-18-23-8-9-23/h3-5,10-17,19,23H,6-9,18H2,1-2H3,(H,29,30). The molecule has 0 radical (unpaired) electrons. The summed E-state index contributed by atoms with van der Waals surface area (Å²) in [5.74, 6) is 2.84. The molecule has 2 aromatic carbocycles. The molecule has 0 bridgehead atoms. The van der Waals surface area contributed by atoms with Crippen LogP contribution in [0, 0.1) is 5.92 Å². The number of benzene rings is 2. The number of pyridine rings is 1. The molecule has 32 heavy (non-hydrogen) atoms. The van der Waals surface area contributed by atoms with Gasteiger partial charge in [0.1, 0.15) is 11.5 Å². The van der Waals surface area contributed by atoms with Gasteiger partial charge in [-0.15, -0.1) is 0 Å². The average Bonchev–Trinajstić information content (AvgIpc) is 3.62. The van der Waals surface area contributed by atoms with E-state index in [0.29, 0.717) is 5.88 Å². The SMILES string of the molecule is CC(=O)NC(C)c1ccc(CCc2ccc(Oc3cccc(OCC4CC4)c3)nc2)cc1. The Bertz CT molecular complexity index is 1030. The van der Waals surface area contributed by atoms with Crippen LogP contribution in [0.2, 0.25) is 0 Å². The van der Waals surface area contributed by atoms with Crippen molar-refractivity contribution in [2.75, 3.05) is 6.61 Å². The third-order valence-electron chi connectivity index (χ3n) is 5.61. The van der Waals surface area contributed by atoms with Crippen molar-refractivity contribution in [1.82, 2.24) is 10.3 Å². The van der Waals surface area contributed by atoms with Crippen LogP contribution < -0.4 is 14.8 Å². The zero-order valence-corrected chi connectivity index (χ0v) is 18.7. The second-order valence-electron chi connectivity index (χ2n) is 8.50. The van der Waals surface area contributed by atoms with Gasteiger partial charge in [-0.2, -0.15) is 0 Å². The smallest absolute Gasteiger partial charge is 0.219 e. The summed E-state index contributed by atoms with van der Waals surface area (Å²) in [5.41, 5.74) is 3.52. The van der Waals surface area contributed by atoms with Gasteiger partial charge in [0.05, 0.1) is 12.6 Å². The highest BCUT2D eigenvalue weighted by atomic mass is 16.5. The minimum atomic E-state index is -0.0175. The van der Waals surface area contributed by atoms with Gasteiger partial charge in [0.15, 0.2) is 0 Å². The molecule has 1 aliphatic carbocycles. The Hall–Kier alpha value is -3.34. The van der Waals surface area contributed by atoms with Crippen molar-refractivity contribution >= 4 is 5.91 Å². The lowest BCUT2D eigenvalue weighted by molar-refractivity contribution is -0.119. The highest BCUT2D eigenvalue weighted by Gasteiger charge is 2.21. The second-order valence-corrected chi connectivity index (χ2v) is 8.50. The number of nitrogens with zero attached hydrogens (tertiary/aromatic N) is 1. The second kappa shape index (κ2) is 10.3. The molecular formula is C27H30N2O3. The summed E-state index contributed by atoms with van der Waals surface area (Å²) in [6.45, 7) is 4.31. The molecule has 1 amide bonds. The molecule has 0 saturated heterocycles. The number of carbonyl (C=O) groups excluding carboxylic acids is 1. The van der Waals surface area contributed by atoms with Crippen LogP contribution in [0.15, 0.2) is 66.9 Å². The third kappa shape index (κ3) is 6.58. The molecule has 3 aromatic rings. The monoisotopic (exact) mass is 430 g/mol. The first-order valence-electron chi connectivity index (χ1n) is 11.3. The van der Waals surface area contributed by atoms with E-state index in [1.54, 1.807) is 0 Å². The minimum absolute atomic E-state index is 0.0174. The Morgan fingerprint density at radius 3 is 2.44 bits per heavy atom. The molecule has 1 N–H and O–H groups in total. The Kier molecular flexibility index (Phi) is 7.05.